The number of cyclic esters (lactones) is 1. The fourth-order valence-electron chi connectivity index (χ4n) is 2.67. The molecule has 1 fully saturated rings. The molecule has 1 aromatic rings. The number of carbonyl (C=O) groups excluding carboxylic acids is 1. The Hall–Kier alpha value is -2.42. The number of anilines is 2. The molecule has 0 aliphatic carbocycles. The number of hydrogen-bond acceptors (Lipinski definition) is 6. The minimum absolute atomic E-state index is 0.319. The van der Waals surface area contributed by atoms with Crippen LogP contribution in [0.4, 0.5) is 20.6 Å². The number of thiocarbonyl (C=S) groups is 1. The molecule has 1 aromatic carbocycles. The van der Waals surface area contributed by atoms with E-state index in [0.717, 1.165) is 11.4 Å². The second-order valence-corrected chi connectivity index (χ2v) is 6.25. The zero-order valence-electron chi connectivity index (χ0n) is 13.9. The van der Waals surface area contributed by atoms with Crippen LogP contribution in [-0.2, 0) is 4.74 Å². The summed E-state index contributed by atoms with van der Waals surface area (Å²) in [6.45, 7) is 4.02. The average molecular weight is 365 g/mol. The molecule has 2 N–H and O–H groups in total. The Morgan fingerprint density at radius 3 is 3.08 bits per heavy atom. The molecule has 0 aromatic heterocycles. The molecule has 2 heterocycles. The number of hydrazone groups is 1. The SMILES string of the molecule is CCC(=S)NCC1CN(c2ccc(N3C=NNCC3)c(F)c2)C(=O)O1. The number of nitrogens with one attached hydrogen (secondary N) is 2. The maximum Gasteiger partial charge on any atom is 0.414 e. The van der Waals surface area contributed by atoms with Crippen LogP contribution in [0.25, 0.3) is 0 Å². The van der Waals surface area contributed by atoms with Crippen LogP contribution >= 0.6 is 12.2 Å². The first-order valence-electron chi connectivity index (χ1n) is 8.15. The smallest absolute Gasteiger partial charge is 0.414 e. The molecule has 3 rings (SSSR count). The van der Waals surface area contributed by atoms with Crippen molar-refractivity contribution in [1.29, 1.82) is 0 Å². The molecular formula is C16H20FN5O2S. The average Bonchev–Trinajstić information content (AvgIpc) is 3.01. The molecular weight excluding hydrogens is 345 g/mol. The van der Waals surface area contributed by atoms with Crippen molar-refractivity contribution in [2.45, 2.75) is 19.4 Å². The van der Waals surface area contributed by atoms with Crippen LogP contribution in [0.3, 0.4) is 0 Å². The minimum atomic E-state index is -0.481. The molecule has 2 aliphatic rings. The molecule has 1 amide bonds. The summed E-state index contributed by atoms with van der Waals surface area (Å²) in [5, 5.41) is 6.98. The Labute approximate surface area is 150 Å². The van der Waals surface area contributed by atoms with Gasteiger partial charge in [0.2, 0.25) is 0 Å². The van der Waals surface area contributed by atoms with Gasteiger partial charge in [0.1, 0.15) is 18.3 Å². The lowest BCUT2D eigenvalue weighted by Gasteiger charge is -2.24. The molecule has 134 valence electrons. The van der Waals surface area contributed by atoms with E-state index in [1.807, 2.05) is 6.92 Å². The third-order valence-electron chi connectivity index (χ3n) is 4.03. The normalized spacial score (nSPS) is 19.6. The first-order valence-corrected chi connectivity index (χ1v) is 8.56. The Morgan fingerprint density at radius 2 is 2.40 bits per heavy atom. The van der Waals surface area contributed by atoms with Crippen molar-refractivity contribution in [3.05, 3.63) is 24.0 Å². The number of benzene rings is 1. The Bertz CT molecular complexity index is 699. The zero-order chi connectivity index (χ0) is 17.8. The van der Waals surface area contributed by atoms with E-state index in [0.29, 0.717) is 37.6 Å². The first-order chi connectivity index (χ1) is 12.1. The summed E-state index contributed by atoms with van der Waals surface area (Å²) < 4.78 is 19.8. The highest BCUT2D eigenvalue weighted by Crippen LogP contribution is 2.27. The van der Waals surface area contributed by atoms with E-state index in [2.05, 4.69) is 15.8 Å². The van der Waals surface area contributed by atoms with Gasteiger partial charge in [-0.1, -0.05) is 19.1 Å². The molecule has 0 bridgehead atoms. The number of ether oxygens (including phenoxy) is 1. The lowest BCUT2D eigenvalue weighted by atomic mass is 10.2. The van der Waals surface area contributed by atoms with Crippen LogP contribution in [0, 0.1) is 5.82 Å². The van der Waals surface area contributed by atoms with E-state index in [-0.39, 0.29) is 6.10 Å². The number of hydrogen-bond donors (Lipinski definition) is 2. The molecule has 9 heteroatoms. The maximum atomic E-state index is 14.5. The highest BCUT2D eigenvalue weighted by molar-refractivity contribution is 7.80. The molecule has 25 heavy (non-hydrogen) atoms. The predicted molar refractivity (Wildman–Crippen MR) is 98.7 cm³/mol. The number of halogens is 1. The molecule has 1 saturated heterocycles. The molecule has 1 unspecified atom stereocenters. The fraction of sp³-hybridized carbons (Fsp3) is 0.438. The van der Waals surface area contributed by atoms with E-state index < -0.39 is 11.9 Å². The quantitative estimate of drug-likeness (QED) is 0.776. The van der Waals surface area contributed by atoms with Crippen LogP contribution in [0.15, 0.2) is 23.3 Å². The van der Waals surface area contributed by atoms with Crippen LogP contribution in [-0.4, -0.2) is 49.7 Å². The van der Waals surface area contributed by atoms with E-state index in [9.17, 15) is 9.18 Å². The van der Waals surface area contributed by atoms with Crippen molar-refractivity contribution in [1.82, 2.24) is 10.7 Å². The lowest BCUT2D eigenvalue weighted by molar-refractivity contribution is 0.143. The molecule has 2 aliphatic heterocycles. The van der Waals surface area contributed by atoms with Gasteiger partial charge in [0.25, 0.3) is 0 Å². The standard InChI is InChI=1S/C16H20FN5O2S/c1-2-15(25)18-8-12-9-22(16(23)24-12)11-3-4-14(13(17)7-11)21-6-5-19-20-10-21/h3-4,7,10,12,19H,2,5-6,8-9H2,1H3,(H,18,25). The zero-order valence-corrected chi connectivity index (χ0v) is 14.7. The van der Waals surface area contributed by atoms with Crippen LogP contribution in [0.2, 0.25) is 0 Å². The van der Waals surface area contributed by atoms with Crippen molar-refractivity contribution >= 4 is 41.0 Å². The van der Waals surface area contributed by atoms with Crippen LogP contribution < -0.4 is 20.5 Å². The number of carbonyl (C=O) groups is 1. The van der Waals surface area contributed by atoms with Crippen molar-refractivity contribution < 1.29 is 13.9 Å². The monoisotopic (exact) mass is 365 g/mol. The van der Waals surface area contributed by atoms with Gasteiger partial charge in [0.05, 0.1) is 36.0 Å². The van der Waals surface area contributed by atoms with Gasteiger partial charge >= 0.3 is 6.09 Å². The summed E-state index contributed by atoms with van der Waals surface area (Å²) >= 11 is 5.10. The molecule has 7 nitrogen and oxygen atoms in total. The number of amides is 1. The van der Waals surface area contributed by atoms with Gasteiger partial charge in [-0.3, -0.25) is 4.90 Å². The van der Waals surface area contributed by atoms with E-state index in [4.69, 9.17) is 17.0 Å². The van der Waals surface area contributed by atoms with E-state index >= 15 is 0 Å². The largest absolute Gasteiger partial charge is 0.442 e. The topological polar surface area (TPSA) is 69.2 Å². The van der Waals surface area contributed by atoms with Gasteiger partial charge in [-0.15, -0.1) is 0 Å². The Kier molecular flexibility index (Phi) is 5.32. The van der Waals surface area contributed by atoms with Gasteiger partial charge in [0.15, 0.2) is 0 Å². The summed E-state index contributed by atoms with van der Waals surface area (Å²) in [7, 11) is 0. The highest BCUT2D eigenvalue weighted by Gasteiger charge is 2.32. The summed E-state index contributed by atoms with van der Waals surface area (Å²) in [6, 6.07) is 4.70. The Morgan fingerprint density at radius 1 is 1.56 bits per heavy atom. The summed E-state index contributed by atoms with van der Waals surface area (Å²) in [5.41, 5.74) is 3.71. The van der Waals surface area contributed by atoms with Crippen LogP contribution in [0.5, 0.6) is 0 Å². The van der Waals surface area contributed by atoms with Crippen molar-refractivity contribution in [3.63, 3.8) is 0 Å². The summed E-state index contributed by atoms with van der Waals surface area (Å²) in [4.78, 5) is 16.0. The van der Waals surface area contributed by atoms with Crippen molar-refractivity contribution in [2.75, 3.05) is 36.0 Å². The maximum absolute atomic E-state index is 14.5. The first kappa shape index (κ1) is 17.4. The molecule has 1 atom stereocenters. The lowest BCUT2D eigenvalue weighted by Crippen LogP contribution is -2.35. The summed E-state index contributed by atoms with van der Waals surface area (Å²) in [5.74, 6) is -0.410. The van der Waals surface area contributed by atoms with E-state index in [1.165, 1.54) is 11.0 Å². The molecule has 0 radical (unpaired) electrons. The molecule has 0 spiro atoms. The molecule has 0 saturated carbocycles. The van der Waals surface area contributed by atoms with E-state index in [1.54, 1.807) is 23.4 Å². The number of rotatable bonds is 5. The predicted octanol–water partition coefficient (Wildman–Crippen LogP) is 1.83. The van der Waals surface area contributed by atoms with Gasteiger partial charge in [-0.05, 0) is 24.6 Å². The summed E-state index contributed by atoms with van der Waals surface area (Å²) in [6.07, 6.45) is 1.48. The van der Waals surface area contributed by atoms with Gasteiger partial charge < -0.3 is 20.4 Å². The second-order valence-electron chi connectivity index (χ2n) is 5.76. The van der Waals surface area contributed by atoms with Gasteiger partial charge in [-0.25, -0.2) is 9.18 Å². The minimum Gasteiger partial charge on any atom is -0.442 e. The fourth-order valence-corrected chi connectivity index (χ4v) is 2.76. The second kappa shape index (κ2) is 7.64. The third kappa shape index (κ3) is 3.98. The van der Waals surface area contributed by atoms with Gasteiger partial charge in [-0.2, -0.15) is 5.10 Å². The number of nitrogens with zero attached hydrogens (tertiary/aromatic N) is 3. The highest BCUT2D eigenvalue weighted by atomic mass is 32.1. The van der Waals surface area contributed by atoms with Crippen molar-refractivity contribution in [3.8, 4) is 0 Å². The third-order valence-corrected chi connectivity index (χ3v) is 4.46. The van der Waals surface area contributed by atoms with Gasteiger partial charge in [0, 0.05) is 6.54 Å². The van der Waals surface area contributed by atoms with Crippen molar-refractivity contribution in [2.24, 2.45) is 5.10 Å². The van der Waals surface area contributed by atoms with Crippen LogP contribution in [0.1, 0.15) is 13.3 Å². The Balaban J connectivity index is 1.68.